The summed E-state index contributed by atoms with van der Waals surface area (Å²) in [4.78, 5) is 0. The third-order valence-corrected chi connectivity index (χ3v) is 2.92. The van der Waals surface area contributed by atoms with E-state index < -0.39 is 0 Å². The number of rotatable bonds is 5. The summed E-state index contributed by atoms with van der Waals surface area (Å²) in [6.45, 7) is 9.46. The van der Waals surface area contributed by atoms with Crippen LogP contribution in [0, 0.1) is 25.7 Å². The highest BCUT2D eigenvalue weighted by molar-refractivity contribution is 5.33. The summed E-state index contributed by atoms with van der Waals surface area (Å²) in [5.74, 6) is 6.17. The number of aryl methyl sites for hydroxylation is 2. The minimum absolute atomic E-state index is 0.364. The van der Waals surface area contributed by atoms with Crippen LogP contribution in [-0.4, -0.2) is 6.54 Å². The Morgan fingerprint density at radius 2 is 2.06 bits per heavy atom. The first-order chi connectivity index (χ1) is 8.19. The molecular formula is C16H23N. The summed E-state index contributed by atoms with van der Waals surface area (Å²) in [5, 5.41) is 3.58. The number of hydrogen-bond acceptors (Lipinski definition) is 1. The number of hydrogen-bond donors (Lipinski definition) is 1. The lowest BCUT2D eigenvalue weighted by molar-refractivity contribution is 0.540. The van der Waals surface area contributed by atoms with E-state index in [0.29, 0.717) is 6.04 Å². The van der Waals surface area contributed by atoms with Crippen LogP contribution < -0.4 is 5.32 Å². The second-order valence-electron chi connectivity index (χ2n) is 4.50. The molecule has 0 aliphatic heterocycles. The Labute approximate surface area is 106 Å². The summed E-state index contributed by atoms with van der Waals surface area (Å²) in [6.07, 6.45) is 2.04. The molecule has 0 spiro atoms. The fourth-order valence-electron chi connectivity index (χ4n) is 2.03. The average Bonchev–Trinajstić information content (AvgIpc) is 2.30. The van der Waals surface area contributed by atoms with Crippen LogP contribution in [0.1, 0.15) is 49.4 Å². The van der Waals surface area contributed by atoms with Crippen molar-refractivity contribution in [3.63, 3.8) is 0 Å². The topological polar surface area (TPSA) is 12.0 Å². The highest BCUT2D eigenvalue weighted by atomic mass is 14.9. The fraction of sp³-hybridized carbons (Fsp3) is 0.500. The van der Waals surface area contributed by atoms with Gasteiger partial charge < -0.3 is 5.32 Å². The molecule has 1 N–H and O–H groups in total. The van der Waals surface area contributed by atoms with Crippen molar-refractivity contribution in [2.24, 2.45) is 0 Å². The first-order valence-corrected chi connectivity index (χ1v) is 6.39. The van der Waals surface area contributed by atoms with E-state index >= 15 is 0 Å². The lowest BCUT2D eigenvalue weighted by atomic mass is 9.97. The molecule has 1 rings (SSSR count). The van der Waals surface area contributed by atoms with Crippen molar-refractivity contribution in [3.8, 4) is 11.8 Å². The van der Waals surface area contributed by atoms with Gasteiger partial charge in [-0.05, 0) is 44.9 Å². The lowest BCUT2D eigenvalue weighted by Crippen LogP contribution is -2.22. The molecule has 0 fully saturated rings. The molecule has 0 radical (unpaired) electrons. The normalized spacial score (nSPS) is 11.8. The van der Waals surface area contributed by atoms with Gasteiger partial charge in [0.1, 0.15) is 0 Å². The predicted octanol–water partition coefficient (Wildman–Crippen LogP) is 3.76. The molecule has 17 heavy (non-hydrogen) atoms. The summed E-state index contributed by atoms with van der Waals surface area (Å²) in [5.41, 5.74) is 4.06. The zero-order valence-corrected chi connectivity index (χ0v) is 11.4. The first-order valence-electron chi connectivity index (χ1n) is 6.39. The Bertz CT molecular complexity index is 409. The maximum Gasteiger partial charge on any atom is 0.0433 e. The molecule has 0 amide bonds. The zero-order valence-electron chi connectivity index (χ0n) is 11.4. The quantitative estimate of drug-likeness (QED) is 0.758. The van der Waals surface area contributed by atoms with Crippen molar-refractivity contribution in [1.29, 1.82) is 0 Å². The Hall–Kier alpha value is -1.26. The van der Waals surface area contributed by atoms with Crippen LogP contribution in [0.25, 0.3) is 0 Å². The maximum absolute atomic E-state index is 3.58. The van der Waals surface area contributed by atoms with Gasteiger partial charge in [-0.3, -0.25) is 0 Å². The number of benzene rings is 1. The Morgan fingerprint density at radius 1 is 1.29 bits per heavy atom. The molecule has 1 nitrogen and oxygen atoms in total. The summed E-state index contributed by atoms with van der Waals surface area (Å²) in [7, 11) is 0. The van der Waals surface area contributed by atoms with Crippen molar-refractivity contribution < 1.29 is 0 Å². The van der Waals surface area contributed by atoms with Crippen LogP contribution in [0.5, 0.6) is 0 Å². The van der Waals surface area contributed by atoms with Crippen LogP contribution >= 0.6 is 0 Å². The van der Waals surface area contributed by atoms with E-state index in [2.05, 4.69) is 56.1 Å². The smallest absolute Gasteiger partial charge is 0.0433 e. The SMILES string of the molecule is CC#CCC(NCCC)c1ccc(C)cc1C. The van der Waals surface area contributed by atoms with E-state index in [1.54, 1.807) is 0 Å². The Balaban J connectivity index is 2.89. The first kappa shape index (κ1) is 13.8. The van der Waals surface area contributed by atoms with Crippen molar-refractivity contribution in [1.82, 2.24) is 5.32 Å². The van der Waals surface area contributed by atoms with Crippen LogP contribution in [-0.2, 0) is 0 Å². The van der Waals surface area contributed by atoms with Crippen molar-refractivity contribution >= 4 is 0 Å². The van der Waals surface area contributed by atoms with Crippen molar-refractivity contribution in [2.75, 3.05) is 6.54 Å². The van der Waals surface area contributed by atoms with E-state index in [-0.39, 0.29) is 0 Å². The van der Waals surface area contributed by atoms with Gasteiger partial charge in [0, 0.05) is 12.5 Å². The minimum atomic E-state index is 0.364. The monoisotopic (exact) mass is 229 g/mol. The molecule has 0 saturated heterocycles. The van der Waals surface area contributed by atoms with E-state index in [4.69, 9.17) is 0 Å². The Morgan fingerprint density at radius 3 is 2.65 bits per heavy atom. The van der Waals surface area contributed by atoms with Crippen LogP contribution in [0.15, 0.2) is 18.2 Å². The van der Waals surface area contributed by atoms with Gasteiger partial charge in [-0.15, -0.1) is 11.8 Å². The second kappa shape index (κ2) is 7.14. The molecule has 1 heteroatoms. The summed E-state index contributed by atoms with van der Waals surface area (Å²) < 4.78 is 0. The van der Waals surface area contributed by atoms with Crippen molar-refractivity contribution in [2.45, 2.75) is 46.6 Å². The molecule has 1 aromatic carbocycles. The molecule has 0 aromatic heterocycles. The molecule has 0 aliphatic carbocycles. The average molecular weight is 229 g/mol. The van der Waals surface area contributed by atoms with Gasteiger partial charge in [-0.25, -0.2) is 0 Å². The van der Waals surface area contributed by atoms with Gasteiger partial charge in [0.2, 0.25) is 0 Å². The highest BCUT2D eigenvalue weighted by Crippen LogP contribution is 2.21. The van der Waals surface area contributed by atoms with Gasteiger partial charge in [0.05, 0.1) is 0 Å². The zero-order chi connectivity index (χ0) is 12.7. The molecule has 0 bridgehead atoms. The standard InChI is InChI=1S/C16H23N/c1-5-7-8-16(17-11-6-2)15-10-9-13(3)12-14(15)4/h9-10,12,16-17H,6,8,11H2,1-4H3. The van der Waals surface area contributed by atoms with Gasteiger partial charge in [0.25, 0.3) is 0 Å². The van der Waals surface area contributed by atoms with Gasteiger partial charge in [-0.1, -0.05) is 30.7 Å². The molecule has 0 heterocycles. The molecule has 1 unspecified atom stereocenters. The fourth-order valence-corrected chi connectivity index (χ4v) is 2.03. The largest absolute Gasteiger partial charge is 0.309 e. The third kappa shape index (κ3) is 4.24. The van der Waals surface area contributed by atoms with Crippen LogP contribution in [0.3, 0.4) is 0 Å². The molecule has 0 saturated carbocycles. The Kier molecular flexibility index (Phi) is 5.80. The number of nitrogens with one attached hydrogen (secondary N) is 1. The van der Waals surface area contributed by atoms with Crippen molar-refractivity contribution in [3.05, 3.63) is 34.9 Å². The van der Waals surface area contributed by atoms with Gasteiger partial charge in [0.15, 0.2) is 0 Å². The molecule has 1 atom stereocenters. The van der Waals surface area contributed by atoms with E-state index in [1.165, 1.54) is 16.7 Å². The van der Waals surface area contributed by atoms with Gasteiger partial charge in [-0.2, -0.15) is 0 Å². The molecular weight excluding hydrogens is 206 g/mol. The molecule has 1 aromatic rings. The maximum atomic E-state index is 3.58. The third-order valence-electron chi connectivity index (χ3n) is 2.92. The highest BCUT2D eigenvalue weighted by Gasteiger charge is 2.11. The predicted molar refractivity (Wildman–Crippen MR) is 75.0 cm³/mol. The van der Waals surface area contributed by atoms with E-state index in [9.17, 15) is 0 Å². The van der Waals surface area contributed by atoms with Gasteiger partial charge >= 0.3 is 0 Å². The second-order valence-corrected chi connectivity index (χ2v) is 4.50. The molecule has 92 valence electrons. The minimum Gasteiger partial charge on any atom is -0.309 e. The summed E-state index contributed by atoms with van der Waals surface area (Å²) in [6, 6.07) is 7.02. The van der Waals surface area contributed by atoms with E-state index in [0.717, 1.165) is 19.4 Å². The summed E-state index contributed by atoms with van der Waals surface area (Å²) >= 11 is 0. The van der Waals surface area contributed by atoms with Crippen LogP contribution in [0.2, 0.25) is 0 Å². The molecule has 0 aliphatic rings. The van der Waals surface area contributed by atoms with E-state index in [1.807, 2.05) is 6.92 Å². The lowest BCUT2D eigenvalue weighted by Gasteiger charge is -2.19. The van der Waals surface area contributed by atoms with Crippen LogP contribution in [0.4, 0.5) is 0 Å².